The van der Waals surface area contributed by atoms with E-state index in [1.807, 2.05) is 13.8 Å². The van der Waals surface area contributed by atoms with E-state index in [4.69, 9.17) is 0 Å². The summed E-state index contributed by atoms with van der Waals surface area (Å²) >= 11 is 1.73. The van der Waals surface area contributed by atoms with Gasteiger partial charge in [0.1, 0.15) is 0 Å². The highest BCUT2D eigenvalue weighted by Crippen LogP contribution is 2.23. The van der Waals surface area contributed by atoms with Crippen molar-refractivity contribution in [3.63, 3.8) is 0 Å². The molecule has 1 aliphatic heterocycles. The number of aromatic nitrogens is 3. The molecular weight excluding hydrogens is 320 g/mol. The van der Waals surface area contributed by atoms with Gasteiger partial charge in [-0.2, -0.15) is 0 Å². The molecule has 0 fully saturated rings. The van der Waals surface area contributed by atoms with Crippen molar-refractivity contribution in [3.05, 3.63) is 33.0 Å². The average Bonchev–Trinajstić information content (AvgIpc) is 2.75. The number of rotatable bonds is 3. The van der Waals surface area contributed by atoms with E-state index in [0.717, 1.165) is 54.3 Å². The van der Waals surface area contributed by atoms with Crippen LogP contribution >= 0.6 is 11.3 Å². The first-order valence-electron chi connectivity index (χ1n) is 7.03. The van der Waals surface area contributed by atoms with Gasteiger partial charge in [-0.05, 0) is 13.8 Å². The van der Waals surface area contributed by atoms with Crippen LogP contribution < -0.4 is 0 Å². The van der Waals surface area contributed by atoms with Crippen LogP contribution in [0.4, 0.5) is 0 Å². The third-order valence-electron chi connectivity index (χ3n) is 3.69. The number of fused-ring (bicyclic) bond motifs is 1. The zero-order valence-electron chi connectivity index (χ0n) is 12.8. The standard InChI is InChI=1S/C14H18N4O2S2/c1-9-13(21-10(2)16-9)8-18-5-4-12-11(7-18)6-15-14(17-12)22(3,19)20/h6H,4-5,7-8H2,1-3H3. The van der Waals surface area contributed by atoms with Crippen molar-refractivity contribution in [1.29, 1.82) is 0 Å². The Hall–Kier alpha value is -1.38. The van der Waals surface area contributed by atoms with Crippen LogP contribution in [0.2, 0.25) is 0 Å². The fraction of sp³-hybridized carbons (Fsp3) is 0.500. The summed E-state index contributed by atoms with van der Waals surface area (Å²) in [5.74, 6) is 0. The van der Waals surface area contributed by atoms with Crippen molar-refractivity contribution < 1.29 is 8.42 Å². The van der Waals surface area contributed by atoms with Gasteiger partial charge >= 0.3 is 0 Å². The van der Waals surface area contributed by atoms with Crippen LogP contribution in [-0.2, 0) is 29.3 Å². The molecule has 0 bridgehead atoms. The Morgan fingerprint density at radius 2 is 2.09 bits per heavy atom. The molecule has 0 aromatic carbocycles. The first-order chi connectivity index (χ1) is 10.3. The second kappa shape index (κ2) is 5.68. The molecule has 0 unspecified atom stereocenters. The van der Waals surface area contributed by atoms with Gasteiger partial charge in [0.25, 0.3) is 0 Å². The highest BCUT2D eigenvalue weighted by Gasteiger charge is 2.22. The quantitative estimate of drug-likeness (QED) is 0.790. The molecule has 3 rings (SSSR count). The maximum atomic E-state index is 11.5. The summed E-state index contributed by atoms with van der Waals surface area (Å²) in [4.78, 5) is 16.3. The minimum absolute atomic E-state index is 0.0753. The van der Waals surface area contributed by atoms with Gasteiger partial charge in [-0.1, -0.05) is 0 Å². The Labute approximate surface area is 134 Å². The Kier molecular flexibility index (Phi) is 4.00. The second-order valence-electron chi connectivity index (χ2n) is 5.60. The molecule has 118 valence electrons. The van der Waals surface area contributed by atoms with E-state index in [-0.39, 0.29) is 5.16 Å². The fourth-order valence-corrected chi connectivity index (χ4v) is 4.09. The van der Waals surface area contributed by atoms with Gasteiger partial charge in [-0.15, -0.1) is 11.3 Å². The van der Waals surface area contributed by atoms with Crippen LogP contribution in [0, 0.1) is 13.8 Å². The Balaban J connectivity index is 1.78. The van der Waals surface area contributed by atoms with Crippen molar-refractivity contribution in [2.45, 2.75) is 38.5 Å². The number of hydrogen-bond donors (Lipinski definition) is 0. The molecule has 2 aromatic heterocycles. The number of nitrogens with zero attached hydrogens (tertiary/aromatic N) is 4. The lowest BCUT2D eigenvalue weighted by Crippen LogP contribution is -2.31. The summed E-state index contributed by atoms with van der Waals surface area (Å²) in [5, 5.41) is 1.01. The summed E-state index contributed by atoms with van der Waals surface area (Å²) in [6, 6.07) is 0. The van der Waals surface area contributed by atoms with Gasteiger partial charge in [0.2, 0.25) is 15.0 Å². The highest BCUT2D eigenvalue weighted by molar-refractivity contribution is 7.90. The second-order valence-corrected chi connectivity index (χ2v) is 8.80. The summed E-state index contributed by atoms with van der Waals surface area (Å²) < 4.78 is 23.0. The van der Waals surface area contributed by atoms with Gasteiger partial charge in [0.15, 0.2) is 0 Å². The van der Waals surface area contributed by atoms with Gasteiger partial charge in [0.05, 0.1) is 16.4 Å². The van der Waals surface area contributed by atoms with E-state index < -0.39 is 9.84 Å². The van der Waals surface area contributed by atoms with Crippen LogP contribution in [0.25, 0.3) is 0 Å². The Bertz CT molecular complexity index is 814. The first-order valence-corrected chi connectivity index (χ1v) is 9.74. The molecule has 0 amide bonds. The molecule has 0 spiro atoms. The number of hydrogen-bond acceptors (Lipinski definition) is 7. The van der Waals surface area contributed by atoms with E-state index >= 15 is 0 Å². The molecule has 3 heterocycles. The normalized spacial score (nSPS) is 15.8. The molecule has 0 saturated heterocycles. The van der Waals surface area contributed by atoms with E-state index in [9.17, 15) is 8.42 Å². The highest BCUT2D eigenvalue weighted by atomic mass is 32.2. The Morgan fingerprint density at radius 3 is 2.73 bits per heavy atom. The van der Waals surface area contributed by atoms with E-state index in [1.54, 1.807) is 17.5 Å². The number of sulfone groups is 1. The summed E-state index contributed by atoms with van der Waals surface area (Å²) in [5.41, 5.74) is 2.96. The van der Waals surface area contributed by atoms with Crippen LogP contribution in [0.5, 0.6) is 0 Å². The van der Waals surface area contributed by atoms with Crippen LogP contribution in [0.15, 0.2) is 11.4 Å². The minimum Gasteiger partial charge on any atom is -0.293 e. The van der Waals surface area contributed by atoms with Crippen LogP contribution in [0.3, 0.4) is 0 Å². The first kappa shape index (κ1) is 15.5. The van der Waals surface area contributed by atoms with Crippen molar-refractivity contribution in [3.8, 4) is 0 Å². The topological polar surface area (TPSA) is 76.1 Å². The van der Waals surface area contributed by atoms with Crippen molar-refractivity contribution in [2.75, 3.05) is 12.8 Å². The predicted molar refractivity (Wildman–Crippen MR) is 84.5 cm³/mol. The van der Waals surface area contributed by atoms with Gasteiger partial charge in [0, 0.05) is 48.9 Å². The van der Waals surface area contributed by atoms with Gasteiger partial charge in [-0.3, -0.25) is 4.90 Å². The lowest BCUT2D eigenvalue weighted by atomic mass is 10.1. The molecule has 0 aliphatic carbocycles. The number of aryl methyl sites for hydroxylation is 2. The monoisotopic (exact) mass is 338 g/mol. The summed E-state index contributed by atoms with van der Waals surface area (Å²) in [6.45, 7) is 6.54. The molecule has 0 N–H and O–H groups in total. The van der Waals surface area contributed by atoms with Gasteiger partial charge < -0.3 is 0 Å². The molecule has 6 nitrogen and oxygen atoms in total. The smallest absolute Gasteiger partial charge is 0.246 e. The molecule has 0 saturated carbocycles. The molecule has 2 aromatic rings. The SMILES string of the molecule is Cc1nc(C)c(CN2CCc3nc(S(C)(=O)=O)ncc3C2)s1. The molecule has 1 aliphatic rings. The maximum absolute atomic E-state index is 11.5. The molecule has 8 heteroatoms. The Morgan fingerprint density at radius 1 is 1.32 bits per heavy atom. The zero-order chi connectivity index (χ0) is 15.9. The number of thiazole rings is 1. The fourth-order valence-electron chi connectivity index (χ4n) is 2.59. The molecule has 0 atom stereocenters. The minimum atomic E-state index is -3.34. The molecular formula is C14H18N4O2S2. The van der Waals surface area contributed by atoms with Crippen molar-refractivity contribution in [1.82, 2.24) is 19.9 Å². The van der Waals surface area contributed by atoms with Crippen LogP contribution in [0.1, 0.15) is 26.8 Å². The van der Waals surface area contributed by atoms with Crippen molar-refractivity contribution >= 4 is 21.2 Å². The molecule has 22 heavy (non-hydrogen) atoms. The third-order valence-corrected chi connectivity index (χ3v) is 5.61. The lowest BCUT2D eigenvalue weighted by Gasteiger charge is -2.27. The lowest BCUT2D eigenvalue weighted by molar-refractivity contribution is 0.243. The summed E-state index contributed by atoms with van der Waals surface area (Å²) in [6.07, 6.45) is 3.53. The zero-order valence-corrected chi connectivity index (χ0v) is 14.5. The summed E-state index contributed by atoms with van der Waals surface area (Å²) in [7, 11) is -3.34. The van der Waals surface area contributed by atoms with Crippen molar-refractivity contribution in [2.24, 2.45) is 0 Å². The van der Waals surface area contributed by atoms with Crippen LogP contribution in [-0.4, -0.2) is 41.1 Å². The van der Waals surface area contributed by atoms with Gasteiger partial charge in [-0.25, -0.2) is 23.4 Å². The average molecular weight is 338 g/mol. The predicted octanol–water partition coefficient (Wildman–Crippen LogP) is 1.51. The van der Waals surface area contributed by atoms with E-state index in [2.05, 4.69) is 19.9 Å². The third kappa shape index (κ3) is 3.18. The van der Waals surface area contributed by atoms with E-state index in [1.165, 1.54) is 4.88 Å². The van der Waals surface area contributed by atoms with E-state index in [0.29, 0.717) is 0 Å². The molecule has 0 radical (unpaired) electrons. The largest absolute Gasteiger partial charge is 0.293 e. The maximum Gasteiger partial charge on any atom is 0.246 e.